The SMILES string of the molecule is CCC(CC)C(=O)N1CCN(C(=O)c2cc(-c3ccco3)[nH]n2)CC1. The van der Waals surface area contributed by atoms with E-state index in [0.29, 0.717) is 43.3 Å². The zero-order valence-electron chi connectivity index (χ0n) is 14.7. The van der Waals surface area contributed by atoms with Gasteiger partial charge >= 0.3 is 0 Å². The maximum absolute atomic E-state index is 12.6. The second-order valence-corrected chi connectivity index (χ2v) is 6.28. The third-order valence-electron chi connectivity index (χ3n) is 4.80. The Morgan fingerprint density at radius 3 is 2.48 bits per heavy atom. The maximum Gasteiger partial charge on any atom is 0.274 e. The molecule has 0 bridgehead atoms. The van der Waals surface area contributed by atoms with E-state index in [1.807, 2.05) is 24.8 Å². The smallest absolute Gasteiger partial charge is 0.274 e. The van der Waals surface area contributed by atoms with E-state index in [4.69, 9.17) is 4.42 Å². The summed E-state index contributed by atoms with van der Waals surface area (Å²) in [6, 6.07) is 5.29. The average molecular weight is 344 g/mol. The van der Waals surface area contributed by atoms with Crippen molar-refractivity contribution in [1.82, 2.24) is 20.0 Å². The summed E-state index contributed by atoms with van der Waals surface area (Å²) in [5, 5.41) is 6.93. The Kier molecular flexibility index (Phi) is 5.21. The van der Waals surface area contributed by atoms with E-state index in [1.165, 1.54) is 0 Å². The number of hydrogen-bond donors (Lipinski definition) is 1. The molecule has 1 saturated heterocycles. The molecular formula is C18H24N4O3. The molecule has 0 aliphatic carbocycles. The van der Waals surface area contributed by atoms with Gasteiger partial charge in [0.15, 0.2) is 11.5 Å². The molecule has 0 aromatic carbocycles. The lowest BCUT2D eigenvalue weighted by molar-refractivity contribution is -0.137. The van der Waals surface area contributed by atoms with Crippen molar-refractivity contribution in [2.24, 2.45) is 5.92 Å². The maximum atomic E-state index is 12.6. The van der Waals surface area contributed by atoms with E-state index in [9.17, 15) is 9.59 Å². The van der Waals surface area contributed by atoms with Crippen LogP contribution in [0.4, 0.5) is 0 Å². The Labute approximate surface area is 147 Å². The summed E-state index contributed by atoms with van der Waals surface area (Å²) in [6.45, 7) is 6.31. The van der Waals surface area contributed by atoms with E-state index < -0.39 is 0 Å². The van der Waals surface area contributed by atoms with E-state index in [2.05, 4.69) is 10.2 Å². The first kappa shape index (κ1) is 17.3. The molecule has 0 unspecified atom stereocenters. The lowest BCUT2D eigenvalue weighted by Crippen LogP contribution is -2.52. The number of aromatic nitrogens is 2. The monoisotopic (exact) mass is 344 g/mol. The summed E-state index contributed by atoms with van der Waals surface area (Å²) < 4.78 is 5.30. The normalized spacial score (nSPS) is 15.0. The van der Waals surface area contributed by atoms with E-state index in [0.717, 1.165) is 12.8 Å². The number of hydrogen-bond acceptors (Lipinski definition) is 4. The first-order valence-electron chi connectivity index (χ1n) is 8.81. The summed E-state index contributed by atoms with van der Waals surface area (Å²) in [7, 11) is 0. The van der Waals surface area contributed by atoms with Gasteiger partial charge in [0.1, 0.15) is 5.69 Å². The summed E-state index contributed by atoms with van der Waals surface area (Å²) in [4.78, 5) is 28.7. The number of carbonyl (C=O) groups is 2. The van der Waals surface area contributed by atoms with Crippen LogP contribution >= 0.6 is 0 Å². The van der Waals surface area contributed by atoms with Crippen LogP contribution < -0.4 is 0 Å². The van der Waals surface area contributed by atoms with Gasteiger partial charge in [-0.3, -0.25) is 14.7 Å². The molecule has 7 nitrogen and oxygen atoms in total. The molecule has 25 heavy (non-hydrogen) atoms. The topological polar surface area (TPSA) is 82.4 Å². The van der Waals surface area contributed by atoms with E-state index in [-0.39, 0.29) is 17.7 Å². The second-order valence-electron chi connectivity index (χ2n) is 6.28. The van der Waals surface area contributed by atoms with Gasteiger partial charge in [-0.1, -0.05) is 13.8 Å². The van der Waals surface area contributed by atoms with Crippen molar-refractivity contribution in [3.63, 3.8) is 0 Å². The van der Waals surface area contributed by atoms with Gasteiger partial charge in [0.2, 0.25) is 5.91 Å². The van der Waals surface area contributed by atoms with Crippen molar-refractivity contribution in [1.29, 1.82) is 0 Å². The summed E-state index contributed by atoms with van der Waals surface area (Å²) in [5.41, 5.74) is 1.04. The van der Waals surface area contributed by atoms with Crippen molar-refractivity contribution < 1.29 is 14.0 Å². The molecule has 1 aliphatic rings. The number of amides is 2. The number of nitrogens with zero attached hydrogens (tertiary/aromatic N) is 3. The Morgan fingerprint density at radius 2 is 1.88 bits per heavy atom. The van der Waals surface area contributed by atoms with Crippen LogP contribution in [0.5, 0.6) is 0 Å². The number of piperazine rings is 1. The van der Waals surface area contributed by atoms with Crippen molar-refractivity contribution in [3.8, 4) is 11.5 Å². The predicted molar refractivity (Wildman–Crippen MR) is 92.8 cm³/mol. The fourth-order valence-corrected chi connectivity index (χ4v) is 3.18. The molecule has 1 aliphatic heterocycles. The fraction of sp³-hybridized carbons (Fsp3) is 0.500. The van der Waals surface area contributed by atoms with Gasteiger partial charge in [-0.05, 0) is 25.0 Å². The summed E-state index contributed by atoms with van der Waals surface area (Å²) >= 11 is 0. The number of furan rings is 1. The Morgan fingerprint density at radius 1 is 1.20 bits per heavy atom. The second kappa shape index (κ2) is 7.55. The molecule has 2 amide bonds. The highest BCUT2D eigenvalue weighted by Gasteiger charge is 2.28. The van der Waals surface area contributed by atoms with Crippen molar-refractivity contribution in [3.05, 3.63) is 30.2 Å². The molecule has 7 heteroatoms. The third-order valence-corrected chi connectivity index (χ3v) is 4.80. The van der Waals surface area contributed by atoms with Gasteiger partial charge in [-0.15, -0.1) is 0 Å². The largest absolute Gasteiger partial charge is 0.463 e. The molecule has 0 spiro atoms. The molecule has 134 valence electrons. The number of rotatable bonds is 5. The quantitative estimate of drug-likeness (QED) is 0.903. The first-order chi connectivity index (χ1) is 12.1. The fourth-order valence-electron chi connectivity index (χ4n) is 3.18. The zero-order valence-corrected chi connectivity index (χ0v) is 14.7. The molecule has 0 radical (unpaired) electrons. The molecule has 2 aromatic rings. The van der Waals surface area contributed by atoms with Gasteiger partial charge in [0.25, 0.3) is 5.91 Å². The van der Waals surface area contributed by atoms with E-state index >= 15 is 0 Å². The predicted octanol–water partition coefficient (Wildman–Crippen LogP) is 2.39. The summed E-state index contributed by atoms with van der Waals surface area (Å²) in [6.07, 6.45) is 3.29. The van der Waals surface area contributed by atoms with Gasteiger partial charge in [0, 0.05) is 38.2 Å². The molecular weight excluding hydrogens is 320 g/mol. The standard InChI is InChI=1S/C18H24N4O3/c1-3-13(4-2)17(23)21-7-9-22(10-8-21)18(24)15-12-14(19-20-15)16-6-5-11-25-16/h5-6,11-13H,3-4,7-10H2,1-2H3,(H,19,20). The Bertz CT molecular complexity index is 711. The minimum absolute atomic E-state index is 0.0875. The van der Waals surface area contributed by atoms with Gasteiger partial charge < -0.3 is 14.2 Å². The van der Waals surface area contributed by atoms with E-state index in [1.54, 1.807) is 23.3 Å². The average Bonchev–Trinajstić information content (AvgIpc) is 3.33. The van der Waals surface area contributed by atoms with Crippen LogP contribution in [0.25, 0.3) is 11.5 Å². The number of aromatic amines is 1. The zero-order chi connectivity index (χ0) is 17.8. The Hall–Kier alpha value is -2.57. The van der Waals surface area contributed by atoms with Crippen molar-refractivity contribution in [2.75, 3.05) is 26.2 Å². The number of carbonyl (C=O) groups excluding carboxylic acids is 2. The van der Waals surface area contributed by atoms with Gasteiger partial charge in [-0.25, -0.2) is 0 Å². The molecule has 2 aromatic heterocycles. The highest BCUT2D eigenvalue weighted by molar-refractivity contribution is 5.93. The van der Waals surface area contributed by atoms with Crippen LogP contribution in [-0.4, -0.2) is 58.0 Å². The van der Waals surface area contributed by atoms with Gasteiger partial charge in [0.05, 0.1) is 6.26 Å². The highest BCUT2D eigenvalue weighted by atomic mass is 16.3. The molecule has 3 heterocycles. The third kappa shape index (κ3) is 3.60. The van der Waals surface area contributed by atoms with Crippen LogP contribution in [0, 0.1) is 5.92 Å². The highest BCUT2D eigenvalue weighted by Crippen LogP contribution is 2.19. The van der Waals surface area contributed by atoms with Crippen LogP contribution in [0.15, 0.2) is 28.9 Å². The lowest BCUT2D eigenvalue weighted by atomic mass is 10.0. The number of nitrogens with one attached hydrogen (secondary N) is 1. The van der Waals surface area contributed by atoms with Crippen LogP contribution in [-0.2, 0) is 4.79 Å². The molecule has 1 N–H and O–H groups in total. The molecule has 0 atom stereocenters. The van der Waals surface area contributed by atoms with Crippen molar-refractivity contribution >= 4 is 11.8 Å². The number of H-pyrrole nitrogens is 1. The van der Waals surface area contributed by atoms with Crippen LogP contribution in [0.3, 0.4) is 0 Å². The molecule has 0 saturated carbocycles. The Balaban J connectivity index is 1.59. The minimum atomic E-state index is -0.122. The lowest BCUT2D eigenvalue weighted by Gasteiger charge is -2.36. The van der Waals surface area contributed by atoms with Gasteiger partial charge in [-0.2, -0.15) is 5.10 Å². The summed E-state index contributed by atoms with van der Waals surface area (Å²) in [5.74, 6) is 0.817. The molecule has 1 fully saturated rings. The van der Waals surface area contributed by atoms with Crippen LogP contribution in [0.1, 0.15) is 37.2 Å². The van der Waals surface area contributed by atoms with Crippen LogP contribution in [0.2, 0.25) is 0 Å². The molecule has 3 rings (SSSR count). The van der Waals surface area contributed by atoms with Crippen molar-refractivity contribution in [2.45, 2.75) is 26.7 Å². The minimum Gasteiger partial charge on any atom is -0.463 e. The first-order valence-corrected chi connectivity index (χ1v) is 8.81.